The van der Waals surface area contributed by atoms with Crippen molar-refractivity contribution in [2.75, 3.05) is 31.1 Å². The van der Waals surface area contributed by atoms with Crippen molar-refractivity contribution in [3.8, 4) is 0 Å². The average molecular weight is 369 g/mol. The summed E-state index contributed by atoms with van der Waals surface area (Å²) in [5, 5.41) is 0.999. The number of hydrogen-bond donors (Lipinski definition) is 0. The van der Waals surface area contributed by atoms with Crippen LogP contribution in [0.5, 0.6) is 0 Å². The lowest BCUT2D eigenvalue weighted by molar-refractivity contribution is 0.0742. The number of amides is 1. The summed E-state index contributed by atoms with van der Waals surface area (Å²) in [6.45, 7) is 2.56. The van der Waals surface area contributed by atoms with Gasteiger partial charge >= 0.3 is 5.63 Å². The second-order valence-corrected chi connectivity index (χ2v) is 6.63. The molecule has 0 bridgehead atoms. The van der Waals surface area contributed by atoms with Gasteiger partial charge in [-0.05, 0) is 24.3 Å². The highest BCUT2D eigenvalue weighted by Gasteiger charge is 2.25. The number of hydrogen-bond acceptors (Lipinski definition) is 4. The Kier molecular flexibility index (Phi) is 4.39. The summed E-state index contributed by atoms with van der Waals surface area (Å²) in [4.78, 5) is 29.0. The van der Waals surface area contributed by atoms with Crippen molar-refractivity contribution < 1.29 is 9.21 Å². The molecule has 4 rings (SSSR count). The summed E-state index contributed by atoms with van der Waals surface area (Å²) in [6, 6.07) is 16.8. The van der Waals surface area contributed by atoms with E-state index in [0.717, 1.165) is 18.8 Å². The Morgan fingerprint density at radius 3 is 2.42 bits per heavy atom. The number of halogens is 1. The smallest absolute Gasteiger partial charge is 0.349 e. The molecule has 0 aliphatic carbocycles. The fourth-order valence-corrected chi connectivity index (χ4v) is 3.46. The molecule has 1 saturated heterocycles. The summed E-state index contributed by atoms with van der Waals surface area (Å²) in [7, 11) is 0. The van der Waals surface area contributed by atoms with Gasteiger partial charge in [-0.2, -0.15) is 0 Å². The standard InChI is InChI=1S/C20H17ClN2O3/c21-17-8-4-5-14-13-16(20(25)26-18(14)17)19(24)23-11-9-22(10-12-23)15-6-2-1-3-7-15/h1-8,13H,9-12H2. The molecule has 0 radical (unpaired) electrons. The van der Waals surface area contributed by atoms with Crippen LogP contribution in [0.25, 0.3) is 11.0 Å². The van der Waals surface area contributed by atoms with Crippen LogP contribution in [-0.2, 0) is 0 Å². The van der Waals surface area contributed by atoms with Gasteiger partial charge in [-0.25, -0.2) is 4.79 Å². The molecule has 0 N–H and O–H groups in total. The van der Waals surface area contributed by atoms with Crippen molar-refractivity contribution in [3.05, 3.63) is 75.6 Å². The van der Waals surface area contributed by atoms with Crippen LogP contribution < -0.4 is 10.5 Å². The highest BCUT2D eigenvalue weighted by Crippen LogP contribution is 2.23. The van der Waals surface area contributed by atoms with E-state index in [1.807, 2.05) is 18.2 Å². The molecular formula is C20H17ClN2O3. The molecule has 1 aromatic heterocycles. The fraction of sp³-hybridized carbons (Fsp3) is 0.200. The number of anilines is 1. The molecule has 0 spiro atoms. The lowest BCUT2D eigenvalue weighted by Crippen LogP contribution is -2.49. The first-order valence-corrected chi connectivity index (χ1v) is 8.83. The van der Waals surface area contributed by atoms with Gasteiger partial charge in [0.05, 0.1) is 5.02 Å². The third-order valence-corrected chi connectivity index (χ3v) is 4.93. The molecule has 132 valence electrons. The van der Waals surface area contributed by atoms with Gasteiger partial charge in [0, 0.05) is 37.3 Å². The van der Waals surface area contributed by atoms with Gasteiger partial charge in [-0.1, -0.05) is 41.9 Å². The van der Waals surface area contributed by atoms with Crippen molar-refractivity contribution in [3.63, 3.8) is 0 Å². The summed E-state index contributed by atoms with van der Waals surface area (Å²) in [5.74, 6) is -0.298. The third kappa shape index (κ3) is 3.06. The van der Waals surface area contributed by atoms with Crippen molar-refractivity contribution in [2.24, 2.45) is 0 Å². The minimum atomic E-state index is -0.652. The predicted octanol–water partition coefficient (Wildman–Crippen LogP) is 3.41. The van der Waals surface area contributed by atoms with Gasteiger partial charge in [0.2, 0.25) is 0 Å². The molecule has 1 aliphatic rings. The minimum Gasteiger partial charge on any atom is -0.421 e. The van der Waals surface area contributed by atoms with Crippen molar-refractivity contribution in [1.82, 2.24) is 4.90 Å². The van der Waals surface area contributed by atoms with E-state index in [9.17, 15) is 9.59 Å². The lowest BCUT2D eigenvalue weighted by atomic mass is 10.1. The Bertz CT molecular complexity index is 1010. The second-order valence-electron chi connectivity index (χ2n) is 6.22. The number of carbonyl (C=O) groups is 1. The number of nitrogens with zero attached hydrogens (tertiary/aromatic N) is 2. The normalized spacial score (nSPS) is 14.7. The Labute approximate surface area is 155 Å². The number of benzene rings is 2. The van der Waals surface area contributed by atoms with Crippen LogP contribution in [0, 0.1) is 0 Å². The Morgan fingerprint density at radius 1 is 0.962 bits per heavy atom. The van der Waals surface area contributed by atoms with Crippen LogP contribution in [0.15, 0.2) is 63.8 Å². The van der Waals surface area contributed by atoms with Gasteiger partial charge in [0.25, 0.3) is 5.91 Å². The van der Waals surface area contributed by atoms with E-state index in [1.54, 1.807) is 29.2 Å². The van der Waals surface area contributed by atoms with Gasteiger partial charge in [-0.15, -0.1) is 0 Å². The minimum absolute atomic E-state index is 0.0490. The molecule has 5 nitrogen and oxygen atoms in total. The van der Waals surface area contributed by atoms with Crippen LogP contribution in [-0.4, -0.2) is 37.0 Å². The van der Waals surface area contributed by atoms with E-state index < -0.39 is 5.63 Å². The average Bonchev–Trinajstić information content (AvgIpc) is 2.69. The molecular weight excluding hydrogens is 352 g/mol. The predicted molar refractivity (Wildman–Crippen MR) is 102 cm³/mol. The molecule has 0 saturated carbocycles. The quantitative estimate of drug-likeness (QED) is 0.650. The molecule has 3 aromatic rings. The first-order chi connectivity index (χ1) is 12.6. The van der Waals surface area contributed by atoms with Crippen molar-refractivity contribution in [2.45, 2.75) is 0 Å². The first-order valence-electron chi connectivity index (χ1n) is 8.45. The lowest BCUT2D eigenvalue weighted by Gasteiger charge is -2.36. The van der Waals surface area contributed by atoms with Crippen LogP contribution in [0.1, 0.15) is 10.4 Å². The van der Waals surface area contributed by atoms with E-state index >= 15 is 0 Å². The largest absolute Gasteiger partial charge is 0.421 e. The summed E-state index contributed by atoms with van der Waals surface area (Å²) < 4.78 is 5.28. The molecule has 1 aliphatic heterocycles. The fourth-order valence-electron chi connectivity index (χ4n) is 3.23. The highest BCUT2D eigenvalue weighted by molar-refractivity contribution is 6.34. The molecule has 1 amide bonds. The summed E-state index contributed by atoms with van der Waals surface area (Å²) in [6.07, 6.45) is 0. The zero-order valence-corrected chi connectivity index (χ0v) is 14.8. The molecule has 1 fully saturated rings. The summed E-state index contributed by atoms with van der Waals surface area (Å²) >= 11 is 6.05. The maximum atomic E-state index is 12.8. The zero-order valence-electron chi connectivity index (χ0n) is 14.0. The van der Waals surface area contributed by atoms with E-state index in [0.29, 0.717) is 29.1 Å². The Morgan fingerprint density at radius 2 is 1.69 bits per heavy atom. The SMILES string of the molecule is O=C(c1cc2cccc(Cl)c2oc1=O)N1CCN(c2ccccc2)CC1. The van der Waals surface area contributed by atoms with Crippen LogP contribution in [0.2, 0.25) is 5.02 Å². The van der Waals surface area contributed by atoms with Gasteiger partial charge in [0.15, 0.2) is 5.58 Å². The molecule has 6 heteroatoms. The molecule has 2 heterocycles. The van der Waals surface area contributed by atoms with Crippen molar-refractivity contribution in [1.29, 1.82) is 0 Å². The van der Waals surface area contributed by atoms with E-state index in [1.165, 1.54) is 0 Å². The molecule has 0 unspecified atom stereocenters. The van der Waals surface area contributed by atoms with Gasteiger partial charge in [-0.3, -0.25) is 4.79 Å². The van der Waals surface area contributed by atoms with E-state index in [4.69, 9.17) is 16.0 Å². The number of para-hydroxylation sites is 2. The Hall–Kier alpha value is -2.79. The number of piperazine rings is 1. The van der Waals surface area contributed by atoms with Crippen LogP contribution in [0.4, 0.5) is 5.69 Å². The first kappa shape index (κ1) is 16.7. The van der Waals surface area contributed by atoms with Gasteiger partial charge < -0.3 is 14.2 Å². The maximum absolute atomic E-state index is 12.8. The van der Waals surface area contributed by atoms with Crippen LogP contribution >= 0.6 is 11.6 Å². The van der Waals surface area contributed by atoms with E-state index in [-0.39, 0.29) is 11.5 Å². The van der Waals surface area contributed by atoms with Crippen molar-refractivity contribution >= 4 is 34.2 Å². The third-order valence-electron chi connectivity index (χ3n) is 4.63. The van der Waals surface area contributed by atoms with Gasteiger partial charge in [0.1, 0.15) is 5.56 Å². The topological polar surface area (TPSA) is 53.8 Å². The highest BCUT2D eigenvalue weighted by atomic mass is 35.5. The number of fused-ring (bicyclic) bond motifs is 1. The number of carbonyl (C=O) groups excluding carboxylic acids is 1. The zero-order chi connectivity index (χ0) is 18.1. The molecule has 26 heavy (non-hydrogen) atoms. The molecule has 2 aromatic carbocycles. The van der Waals surface area contributed by atoms with Crippen LogP contribution in [0.3, 0.4) is 0 Å². The number of rotatable bonds is 2. The monoisotopic (exact) mass is 368 g/mol. The van der Waals surface area contributed by atoms with E-state index in [2.05, 4.69) is 17.0 Å². The maximum Gasteiger partial charge on any atom is 0.349 e. The second kappa shape index (κ2) is 6.84. The Balaban J connectivity index is 1.55. The molecule has 0 atom stereocenters. The summed E-state index contributed by atoms with van der Waals surface area (Å²) in [5.41, 5.74) is 0.845.